The summed E-state index contributed by atoms with van der Waals surface area (Å²) in [5, 5.41) is 8.42. The number of terminal acetylenes is 1. The van der Waals surface area contributed by atoms with E-state index in [-0.39, 0.29) is 0 Å². The highest BCUT2D eigenvalue weighted by Crippen LogP contribution is 2.22. The summed E-state index contributed by atoms with van der Waals surface area (Å²) in [7, 11) is 0. The predicted molar refractivity (Wildman–Crippen MR) is 64.8 cm³/mol. The van der Waals surface area contributed by atoms with Gasteiger partial charge in [0.1, 0.15) is 0 Å². The maximum atomic E-state index is 8.42. The summed E-state index contributed by atoms with van der Waals surface area (Å²) in [5.74, 6) is 3.27. The van der Waals surface area contributed by atoms with Crippen molar-refractivity contribution < 1.29 is 5.21 Å². The van der Waals surface area contributed by atoms with Gasteiger partial charge in [0.05, 0.1) is 5.75 Å². The molecule has 0 saturated heterocycles. The molecular formula is C12H13NOS. The van der Waals surface area contributed by atoms with Crippen LogP contribution in [-0.4, -0.2) is 17.5 Å². The van der Waals surface area contributed by atoms with E-state index >= 15 is 0 Å². The van der Waals surface area contributed by atoms with Gasteiger partial charge in [0.15, 0.2) is 0 Å². The minimum Gasteiger partial charge on any atom is -0.317 e. The van der Waals surface area contributed by atoms with Gasteiger partial charge in [-0.3, -0.25) is 0 Å². The Hall–Kier alpha value is -1.21. The molecule has 0 aliphatic heterocycles. The zero-order chi connectivity index (χ0) is 10.9. The molecule has 0 amide bonds. The van der Waals surface area contributed by atoms with E-state index < -0.39 is 0 Å². The lowest BCUT2D eigenvalue weighted by Crippen LogP contribution is -2.04. The van der Waals surface area contributed by atoms with Crippen LogP contribution in [0.5, 0.6) is 0 Å². The molecule has 1 aromatic carbocycles. The number of hydrogen-bond acceptors (Lipinski definition) is 3. The summed E-state index contributed by atoms with van der Waals surface area (Å²) in [4.78, 5) is 1.16. The summed E-state index contributed by atoms with van der Waals surface area (Å²) in [6.07, 6.45) is 9.03. The van der Waals surface area contributed by atoms with Crippen LogP contribution >= 0.6 is 11.8 Å². The van der Waals surface area contributed by atoms with Crippen LogP contribution in [0.15, 0.2) is 35.2 Å². The Morgan fingerprint density at radius 3 is 3.00 bits per heavy atom. The molecule has 0 atom stereocenters. The minimum atomic E-state index is 0.439. The molecule has 0 unspecified atom stereocenters. The molecule has 2 N–H and O–H groups in total. The fourth-order valence-electron chi connectivity index (χ4n) is 1.11. The van der Waals surface area contributed by atoms with E-state index in [1.165, 1.54) is 0 Å². The van der Waals surface area contributed by atoms with Crippen LogP contribution in [0.3, 0.4) is 0 Å². The van der Waals surface area contributed by atoms with Gasteiger partial charge in [-0.2, -0.15) is 0 Å². The summed E-state index contributed by atoms with van der Waals surface area (Å²) in [6.45, 7) is 0.439. The van der Waals surface area contributed by atoms with Crippen LogP contribution in [-0.2, 0) is 0 Å². The van der Waals surface area contributed by atoms with Gasteiger partial charge >= 0.3 is 0 Å². The Labute approximate surface area is 94.4 Å². The van der Waals surface area contributed by atoms with Crippen molar-refractivity contribution in [3.05, 3.63) is 35.9 Å². The summed E-state index contributed by atoms with van der Waals surface area (Å²) in [5.41, 5.74) is 3.19. The monoisotopic (exact) mass is 219 g/mol. The van der Waals surface area contributed by atoms with Gasteiger partial charge in [0.2, 0.25) is 0 Å². The van der Waals surface area contributed by atoms with Crippen molar-refractivity contribution in [2.24, 2.45) is 0 Å². The second kappa shape index (κ2) is 7.13. The third-order valence-corrected chi connectivity index (χ3v) is 2.73. The Balaban J connectivity index is 2.73. The number of nitrogens with one attached hydrogen (secondary N) is 1. The maximum Gasteiger partial charge on any atom is 0.0592 e. The molecule has 0 aromatic heterocycles. The van der Waals surface area contributed by atoms with Crippen LogP contribution in [0.1, 0.15) is 5.56 Å². The Morgan fingerprint density at radius 2 is 2.27 bits per heavy atom. The van der Waals surface area contributed by atoms with Gasteiger partial charge in [-0.05, 0) is 11.6 Å². The van der Waals surface area contributed by atoms with Crippen molar-refractivity contribution in [3.63, 3.8) is 0 Å². The fraction of sp³-hybridized carbons (Fsp3) is 0.167. The van der Waals surface area contributed by atoms with Gasteiger partial charge in [-0.1, -0.05) is 36.3 Å². The molecule has 0 fully saturated rings. The second-order valence-electron chi connectivity index (χ2n) is 2.80. The highest BCUT2D eigenvalue weighted by Gasteiger charge is 1.97. The molecule has 1 aromatic rings. The second-order valence-corrected chi connectivity index (χ2v) is 3.81. The molecule has 1 rings (SSSR count). The SMILES string of the molecule is C#CCSc1ccccc1/C=C/CNO. The number of rotatable bonds is 5. The average Bonchev–Trinajstić information content (AvgIpc) is 2.28. The standard InChI is InChI=1S/C12H13NOS/c1-2-10-15-12-8-4-3-6-11(12)7-5-9-13-14/h1,3-8,13-14H,9-10H2/b7-5+. The van der Waals surface area contributed by atoms with E-state index in [4.69, 9.17) is 11.6 Å². The summed E-state index contributed by atoms with van der Waals surface area (Å²) in [6, 6.07) is 8.02. The van der Waals surface area contributed by atoms with Gasteiger partial charge in [0, 0.05) is 11.4 Å². The lowest BCUT2D eigenvalue weighted by Gasteiger charge is -2.02. The Bertz CT molecular complexity index is 368. The van der Waals surface area contributed by atoms with E-state index in [0.717, 1.165) is 10.5 Å². The van der Waals surface area contributed by atoms with Crippen molar-refractivity contribution >= 4 is 17.8 Å². The van der Waals surface area contributed by atoms with Crippen LogP contribution in [0.25, 0.3) is 6.08 Å². The van der Waals surface area contributed by atoms with Crippen LogP contribution < -0.4 is 5.48 Å². The highest BCUT2D eigenvalue weighted by atomic mass is 32.2. The predicted octanol–water partition coefficient (Wildman–Crippen LogP) is 2.40. The van der Waals surface area contributed by atoms with E-state index in [1.54, 1.807) is 11.8 Å². The van der Waals surface area contributed by atoms with Crippen molar-refractivity contribution in [3.8, 4) is 12.3 Å². The first-order chi connectivity index (χ1) is 7.38. The smallest absolute Gasteiger partial charge is 0.0592 e. The first kappa shape index (κ1) is 11.9. The number of thioether (sulfide) groups is 1. The van der Waals surface area contributed by atoms with E-state index in [0.29, 0.717) is 12.3 Å². The molecular weight excluding hydrogens is 206 g/mol. The Kier molecular flexibility index (Phi) is 5.64. The van der Waals surface area contributed by atoms with Crippen molar-refractivity contribution in [1.29, 1.82) is 0 Å². The van der Waals surface area contributed by atoms with E-state index in [1.807, 2.05) is 36.4 Å². The zero-order valence-electron chi connectivity index (χ0n) is 8.31. The van der Waals surface area contributed by atoms with Crippen LogP contribution in [0.4, 0.5) is 0 Å². The first-order valence-electron chi connectivity index (χ1n) is 4.57. The molecule has 0 radical (unpaired) electrons. The lowest BCUT2D eigenvalue weighted by molar-refractivity contribution is 0.180. The molecule has 0 spiro atoms. The Morgan fingerprint density at radius 1 is 1.47 bits per heavy atom. The molecule has 2 nitrogen and oxygen atoms in total. The molecule has 78 valence electrons. The van der Waals surface area contributed by atoms with Crippen molar-refractivity contribution in [1.82, 2.24) is 5.48 Å². The maximum absolute atomic E-state index is 8.42. The third-order valence-electron chi connectivity index (χ3n) is 1.74. The minimum absolute atomic E-state index is 0.439. The van der Waals surface area contributed by atoms with E-state index in [2.05, 4.69) is 11.4 Å². The summed E-state index contributed by atoms with van der Waals surface area (Å²) >= 11 is 1.63. The van der Waals surface area contributed by atoms with Crippen molar-refractivity contribution in [2.75, 3.05) is 12.3 Å². The summed E-state index contributed by atoms with van der Waals surface area (Å²) < 4.78 is 0. The topological polar surface area (TPSA) is 32.3 Å². The molecule has 3 heteroatoms. The largest absolute Gasteiger partial charge is 0.317 e. The third kappa shape index (κ3) is 4.22. The van der Waals surface area contributed by atoms with Crippen LogP contribution in [0.2, 0.25) is 0 Å². The molecule has 0 bridgehead atoms. The molecule has 15 heavy (non-hydrogen) atoms. The van der Waals surface area contributed by atoms with E-state index in [9.17, 15) is 0 Å². The molecule has 0 aliphatic carbocycles. The average molecular weight is 219 g/mol. The first-order valence-corrected chi connectivity index (χ1v) is 5.56. The lowest BCUT2D eigenvalue weighted by atomic mass is 10.2. The van der Waals surface area contributed by atoms with Crippen LogP contribution in [0, 0.1) is 12.3 Å². The quantitative estimate of drug-likeness (QED) is 0.453. The zero-order valence-corrected chi connectivity index (χ0v) is 9.13. The highest BCUT2D eigenvalue weighted by molar-refractivity contribution is 7.99. The molecule has 0 heterocycles. The molecule has 0 aliphatic rings. The fourth-order valence-corrected chi connectivity index (χ4v) is 1.82. The van der Waals surface area contributed by atoms with Gasteiger partial charge in [-0.25, -0.2) is 5.48 Å². The number of hydrogen-bond donors (Lipinski definition) is 2. The molecule has 0 saturated carbocycles. The normalized spacial score (nSPS) is 10.4. The number of hydroxylamine groups is 1. The van der Waals surface area contributed by atoms with Gasteiger partial charge in [-0.15, -0.1) is 18.2 Å². The van der Waals surface area contributed by atoms with Crippen molar-refractivity contribution in [2.45, 2.75) is 4.90 Å². The van der Waals surface area contributed by atoms with Gasteiger partial charge < -0.3 is 5.21 Å². The number of benzene rings is 1. The van der Waals surface area contributed by atoms with Gasteiger partial charge in [0.25, 0.3) is 0 Å².